The highest BCUT2D eigenvalue weighted by Gasteiger charge is 2.39. The lowest BCUT2D eigenvalue weighted by Gasteiger charge is -2.36. The number of rotatable bonds is 8. The maximum Gasteiger partial charge on any atom is 0.250 e. The average Bonchev–Trinajstić information content (AvgIpc) is 3.59. The molecule has 6 nitrogen and oxygen atoms in total. The summed E-state index contributed by atoms with van der Waals surface area (Å²) in [5, 5.41) is 8.75. The summed E-state index contributed by atoms with van der Waals surface area (Å²) >= 11 is 0. The number of aryl methyl sites for hydroxylation is 2. The van der Waals surface area contributed by atoms with Crippen LogP contribution in [0.4, 0.5) is 11.4 Å². The van der Waals surface area contributed by atoms with Gasteiger partial charge in [0.05, 0.1) is 28.7 Å². The summed E-state index contributed by atoms with van der Waals surface area (Å²) in [6, 6.07) is 17.3. The molecule has 1 aliphatic rings. The maximum atomic E-state index is 6.79. The fourth-order valence-electron chi connectivity index (χ4n) is 5.38. The first kappa shape index (κ1) is 28.9. The Morgan fingerprint density at radius 3 is 2.54 bits per heavy atom. The van der Waals surface area contributed by atoms with Crippen LogP contribution in [-0.4, -0.2) is 29.8 Å². The van der Waals surface area contributed by atoms with Gasteiger partial charge in [0.25, 0.3) is 0 Å². The maximum absolute atomic E-state index is 6.79. The predicted octanol–water partition coefficient (Wildman–Crippen LogP) is 8.65. The van der Waals surface area contributed by atoms with Crippen LogP contribution in [0.2, 0.25) is 18.1 Å². The zero-order valence-corrected chi connectivity index (χ0v) is 26.7. The van der Waals surface area contributed by atoms with E-state index in [4.69, 9.17) is 20.3 Å². The van der Waals surface area contributed by atoms with Gasteiger partial charge in [0.1, 0.15) is 11.6 Å². The van der Waals surface area contributed by atoms with Gasteiger partial charge in [-0.3, -0.25) is 0 Å². The van der Waals surface area contributed by atoms with E-state index in [-0.39, 0.29) is 5.04 Å². The number of hydrogen-bond acceptors (Lipinski definition) is 4. The Morgan fingerprint density at radius 2 is 1.85 bits per heavy atom. The standard InChI is InChI=1S/C34H45N5OSi/c1-8-24-19-27(40-41(6,7)34(3,4)5)17-18-30(24)38-33(35)29-21-36-39-22-25(28-16-12-9-13-23(28)2)20-31(39)32(29)37-26-14-10-11-15-26/h9,12-13,16-22,26,37H,8,10-11,14-15H2,1-7H3,(H2,35,38). The predicted molar refractivity (Wildman–Crippen MR) is 175 cm³/mol. The van der Waals surface area contributed by atoms with E-state index in [1.165, 1.54) is 24.0 Å². The van der Waals surface area contributed by atoms with Crippen LogP contribution in [0.15, 0.2) is 65.9 Å². The van der Waals surface area contributed by atoms with E-state index in [1.807, 2.05) is 22.8 Å². The van der Waals surface area contributed by atoms with Crippen LogP contribution in [0, 0.1) is 6.92 Å². The Bertz CT molecular complexity index is 1570. The summed E-state index contributed by atoms with van der Waals surface area (Å²) in [4.78, 5) is 4.97. The van der Waals surface area contributed by atoms with Gasteiger partial charge < -0.3 is 15.5 Å². The van der Waals surface area contributed by atoms with E-state index in [2.05, 4.69) is 95.6 Å². The molecule has 2 aromatic carbocycles. The molecule has 0 unspecified atom stereocenters. The number of aliphatic imine (C=N–C) groups is 1. The SMILES string of the molecule is CCc1cc(O[Si](C)(C)C(C)(C)C)ccc1N=C(N)c1cnn2cc(-c3ccccc3C)cc2c1NC1CCCC1. The number of fused-ring (bicyclic) bond motifs is 1. The minimum absolute atomic E-state index is 0.132. The molecule has 216 valence electrons. The Labute approximate surface area is 246 Å². The Kier molecular flexibility index (Phi) is 8.01. The van der Waals surface area contributed by atoms with Crippen molar-refractivity contribution in [3.05, 3.63) is 77.6 Å². The van der Waals surface area contributed by atoms with Crippen molar-refractivity contribution in [3.63, 3.8) is 0 Å². The molecular weight excluding hydrogens is 522 g/mol. The van der Waals surface area contributed by atoms with Gasteiger partial charge in [-0.25, -0.2) is 9.51 Å². The average molecular weight is 568 g/mol. The molecule has 41 heavy (non-hydrogen) atoms. The zero-order valence-electron chi connectivity index (χ0n) is 25.7. The van der Waals surface area contributed by atoms with E-state index in [1.54, 1.807) is 0 Å². The first-order valence-corrected chi connectivity index (χ1v) is 17.9. The summed E-state index contributed by atoms with van der Waals surface area (Å²) < 4.78 is 8.54. The number of aromatic nitrogens is 2. The summed E-state index contributed by atoms with van der Waals surface area (Å²) in [6.07, 6.45) is 9.60. The minimum Gasteiger partial charge on any atom is -0.543 e. The topological polar surface area (TPSA) is 76.9 Å². The van der Waals surface area contributed by atoms with Crippen LogP contribution in [-0.2, 0) is 6.42 Å². The zero-order chi connectivity index (χ0) is 29.4. The van der Waals surface area contributed by atoms with Gasteiger partial charge in [-0.15, -0.1) is 0 Å². The number of amidine groups is 1. The second-order valence-electron chi connectivity index (χ2n) is 12.9. The summed E-state index contributed by atoms with van der Waals surface area (Å²) in [5.74, 6) is 1.38. The Hall–Kier alpha value is -3.58. The van der Waals surface area contributed by atoms with Crippen molar-refractivity contribution < 1.29 is 4.43 Å². The molecule has 3 N–H and O–H groups in total. The molecule has 7 heteroatoms. The molecule has 0 radical (unpaired) electrons. The third kappa shape index (κ3) is 6.05. The molecular formula is C34H45N5OSi. The van der Waals surface area contributed by atoms with E-state index in [0.717, 1.165) is 58.6 Å². The Balaban J connectivity index is 1.55. The lowest BCUT2D eigenvalue weighted by molar-refractivity contribution is 0.492. The molecule has 0 amide bonds. The molecule has 1 aliphatic carbocycles. The molecule has 5 rings (SSSR count). The van der Waals surface area contributed by atoms with Crippen molar-refractivity contribution >= 4 is 31.0 Å². The number of nitrogens with two attached hydrogens (primary N) is 1. The first-order valence-electron chi connectivity index (χ1n) is 15.0. The van der Waals surface area contributed by atoms with Gasteiger partial charge >= 0.3 is 0 Å². The van der Waals surface area contributed by atoms with E-state index < -0.39 is 8.32 Å². The van der Waals surface area contributed by atoms with Gasteiger partial charge in [-0.1, -0.05) is 64.8 Å². The fraction of sp³-hybridized carbons (Fsp3) is 0.412. The molecule has 0 spiro atoms. The molecule has 0 aliphatic heterocycles. The lowest BCUT2D eigenvalue weighted by Crippen LogP contribution is -2.43. The van der Waals surface area contributed by atoms with Crippen molar-refractivity contribution in [1.29, 1.82) is 0 Å². The van der Waals surface area contributed by atoms with Gasteiger partial charge in [0.2, 0.25) is 8.32 Å². The van der Waals surface area contributed by atoms with Crippen LogP contribution in [0.25, 0.3) is 16.6 Å². The fourth-order valence-corrected chi connectivity index (χ4v) is 6.40. The molecule has 0 atom stereocenters. The van der Waals surface area contributed by atoms with Crippen molar-refractivity contribution in [2.45, 2.75) is 90.9 Å². The second kappa shape index (κ2) is 11.4. The van der Waals surface area contributed by atoms with Gasteiger partial charge in [0, 0.05) is 17.8 Å². The number of anilines is 1. The summed E-state index contributed by atoms with van der Waals surface area (Å²) in [5.41, 5.74) is 15.2. The molecule has 0 bridgehead atoms. The monoisotopic (exact) mass is 567 g/mol. The molecule has 1 fully saturated rings. The molecule has 2 heterocycles. The largest absolute Gasteiger partial charge is 0.543 e. The van der Waals surface area contributed by atoms with Crippen molar-refractivity contribution in [2.24, 2.45) is 10.7 Å². The molecule has 4 aromatic rings. The highest BCUT2D eigenvalue weighted by Crippen LogP contribution is 2.39. The second-order valence-corrected chi connectivity index (χ2v) is 17.7. The third-order valence-electron chi connectivity index (χ3n) is 8.92. The number of hydrogen-bond donors (Lipinski definition) is 2. The van der Waals surface area contributed by atoms with Gasteiger partial charge in [-0.2, -0.15) is 5.10 Å². The van der Waals surface area contributed by atoms with Crippen LogP contribution < -0.4 is 15.5 Å². The summed E-state index contributed by atoms with van der Waals surface area (Å²) in [7, 11) is -1.94. The van der Waals surface area contributed by atoms with Crippen molar-refractivity contribution in [1.82, 2.24) is 9.61 Å². The van der Waals surface area contributed by atoms with Gasteiger partial charge in [0.15, 0.2) is 0 Å². The van der Waals surface area contributed by atoms with Crippen LogP contribution in [0.5, 0.6) is 5.75 Å². The van der Waals surface area contributed by atoms with Crippen LogP contribution in [0.3, 0.4) is 0 Å². The molecule has 1 saturated carbocycles. The van der Waals surface area contributed by atoms with Crippen molar-refractivity contribution in [2.75, 3.05) is 5.32 Å². The highest BCUT2D eigenvalue weighted by molar-refractivity contribution is 6.74. The summed E-state index contributed by atoms with van der Waals surface area (Å²) in [6.45, 7) is 15.6. The van der Waals surface area contributed by atoms with Crippen LogP contribution in [0.1, 0.15) is 70.1 Å². The van der Waals surface area contributed by atoms with Crippen LogP contribution >= 0.6 is 0 Å². The van der Waals surface area contributed by atoms with Crippen molar-refractivity contribution in [3.8, 4) is 16.9 Å². The number of nitrogens with zero attached hydrogens (tertiary/aromatic N) is 3. The van der Waals surface area contributed by atoms with Gasteiger partial charge in [-0.05, 0) is 85.3 Å². The quantitative estimate of drug-likeness (QED) is 0.127. The smallest absolute Gasteiger partial charge is 0.250 e. The van der Waals surface area contributed by atoms with E-state index >= 15 is 0 Å². The number of benzene rings is 2. The molecule has 0 saturated heterocycles. The minimum atomic E-state index is -1.94. The molecule has 2 aromatic heterocycles. The van der Waals surface area contributed by atoms with E-state index in [0.29, 0.717) is 11.9 Å². The first-order chi connectivity index (χ1) is 19.5. The Morgan fingerprint density at radius 1 is 1.12 bits per heavy atom. The lowest BCUT2D eigenvalue weighted by atomic mass is 10.0. The van der Waals surface area contributed by atoms with E-state index in [9.17, 15) is 0 Å². The normalized spacial score (nSPS) is 15.0. The highest BCUT2D eigenvalue weighted by atomic mass is 28.4. The third-order valence-corrected chi connectivity index (χ3v) is 13.3. The number of nitrogens with one attached hydrogen (secondary N) is 1.